The van der Waals surface area contributed by atoms with Crippen molar-refractivity contribution in [1.82, 2.24) is 9.97 Å². The Morgan fingerprint density at radius 3 is 1.85 bits per heavy atom. The van der Waals surface area contributed by atoms with Crippen molar-refractivity contribution in [2.75, 3.05) is 0 Å². The summed E-state index contributed by atoms with van der Waals surface area (Å²) in [5.41, 5.74) is -0.306. The molecule has 138 valence electrons. The first-order valence-corrected chi connectivity index (χ1v) is 8.85. The molecule has 0 aliphatic carbocycles. The monoisotopic (exact) mass is 390 g/mol. The third-order valence-corrected chi connectivity index (χ3v) is 5.04. The van der Waals surface area contributed by atoms with Gasteiger partial charge in [0.1, 0.15) is 22.1 Å². The molecule has 0 saturated carbocycles. The fourth-order valence-corrected chi connectivity index (χ4v) is 3.33. The fraction of sp³-hybridized carbons (Fsp3) is 0. The Bertz CT molecular complexity index is 1050. The molecule has 0 unspecified atom stereocenters. The number of aromatic nitrogens is 2. The molecule has 2 heterocycles. The number of hydrogen-bond donors (Lipinski definition) is 0. The SMILES string of the molecule is O=Cc1ncccc1F.O=Cc1ncccc1S(=O)(=O)c1ccc(F)cc1. The van der Waals surface area contributed by atoms with Crippen molar-refractivity contribution in [3.8, 4) is 0 Å². The molecule has 0 spiro atoms. The molecule has 6 nitrogen and oxygen atoms in total. The van der Waals surface area contributed by atoms with Gasteiger partial charge in [0.2, 0.25) is 9.84 Å². The molecule has 0 fully saturated rings. The van der Waals surface area contributed by atoms with E-state index in [1.807, 2.05) is 0 Å². The van der Waals surface area contributed by atoms with Gasteiger partial charge in [0.25, 0.3) is 0 Å². The Hall–Kier alpha value is -3.33. The molecule has 0 bridgehead atoms. The average molecular weight is 390 g/mol. The van der Waals surface area contributed by atoms with Crippen LogP contribution in [0.2, 0.25) is 0 Å². The van der Waals surface area contributed by atoms with Crippen molar-refractivity contribution in [1.29, 1.82) is 0 Å². The maximum atomic E-state index is 12.8. The molecule has 0 atom stereocenters. The quantitative estimate of drug-likeness (QED) is 0.502. The number of halogens is 2. The van der Waals surface area contributed by atoms with Crippen LogP contribution in [0.5, 0.6) is 0 Å². The van der Waals surface area contributed by atoms with Gasteiger partial charge in [-0.3, -0.25) is 19.6 Å². The summed E-state index contributed by atoms with van der Waals surface area (Å²) in [4.78, 5) is 27.6. The Labute approximate surface area is 153 Å². The van der Waals surface area contributed by atoms with E-state index in [0.717, 1.165) is 24.3 Å². The minimum absolute atomic E-state index is 0.0833. The molecule has 9 heteroatoms. The van der Waals surface area contributed by atoms with Crippen LogP contribution in [0.1, 0.15) is 21.0 Å². The molecule has 0 aliphatic heterocycles. The molecule has 0 amide bonds. The van der Waals surface area contributed by atoms with Crippen LogP contribution >= 0.6 is 0 Å². The summed E-state index contributed by atoms with van der Waals surface area (Å²) < 4.78 is 49.5. The van der Waals surface area contributed by atoms with E-state index in [2.05, 4.69) is 9.97 Å². The number of nitrogens with zero attached hydrogens (tertiary/aromatic N) is 2. The lowest BCUT2D eigenvalue weighted by molar-refractivity contribution is 0.110. The second-order valence-corrected chi connectivity index (χ2v) is 6.87. The van der Waals surface area contributed by atoms with Crippen molar-refractivity contribution in [2.24, 2.45) is 0 Å². The van der Waals surface area contributed by atoms with E-state index < -0.39 is 21.5 Å². The van der Waals surface area contributed by atoms with Crippen LogP contribution in [-0.4, -0.2) is 31.0 Å². The fourth-order valence-electron chi connectivity index (χ4n) is 1.94. The summed E-state index contributed by atoms with van der Waals surface area (Å²) in [6, 6.07) is 9.71. The second kappa shape index (κ2) is 8.86. The first-order chi connectivity index (χ1) is 12.9. The van der Waals surface area contributed by atoms with E-state index >= 15 is 0 Å². The van der Waals surface area contributed by atoms with E-state index in [1.165, 1.54) is 36.7 Å². The van der Waals surface area contributed by atoms with Gasteiger partial charge in [-0.25, -0.2) is 17.2 Å². The minimum Gasteiger partial charge on any atom is -0.296 e. The number of carbonyl (C=O) groups is 2. The van der Waals surface area contributed by atoms with Gasteiger partial charge in [0.15, 0.2) is 18.4 Å². The predicted molar refractivity (Wildman–Crippen MR) is 91.1 cm³/mol. The van der Waals surface area contributed by atoms with Crippen LogP contribution in [0.25, 0.3) is 0 Å². The van der Waals surface area contributed by atoms with Crippen molar-refractivity contribution in [3.05, 3.63) is 83.9 Å². The standard InChI is InChI=1S/C12H8FNO3S.C6H4FNO/c13-9-3-5-10(6-4-9)18(16,17)12-2-1-7-14-11(12)8-15;7-5-2-1-3-8-6(5)4-9/h1-8H;1-4H. The Morgan fingerprint density at radius 2 is 1.33 bits per heavy atom. The van der Waals surface area contributed by atoms with E-state index in [1.54, 1.807) is 0 Å². The molecule has 0 saturated heterocycles. The molecule has 3 rings (SSSR count). The zero-order chi connectivity index (χ0) is 19.9. The van der Waals surface area contributed by atoms with Crippen LogP contribution in [0.4, 0.5) is 8.78 Å². The van der Waals surface area contributed by atoms with E-state index in [9.17, 15) is 26.8 Å². The van der Waals surface area contributed by atoms with Gasteiger partial charge in [0, 0.05) is 12.4 Å². The second-order valence-electron chi connectivity index (χ2n) is 4.95. The number of pyridine rings is 2. The van der Waals surface area contributed by atoms with Gasteiger partial charge in [-0.1, -0.05) is 0 Å². The van der Waals surface area contributed by atoms with E-state index in [4.69, 9.17) is 0 Å². The largest absolute Gasteiger partial charge is 0.296 e. The molecular weight excluding hydrogens is 378 g/mol. The van der Waals surface area contributed by atoms with Gasteiger partial charge in [0.05, 0.1) is 4.90 Å². The summed E-state index contributed by atoms with van der Waals surface area (Å²) in [5.74, 6) is -1.11. The third-order valence-electron chi connectivity index (χ3n) is 3.22. The molecule has 0 N–H and O–H groups in total. The lowest BCUT2D eigenvalue weighted by Gasteiger charge is -2.05. The van der Waals surface area contributed by atoms with Crippen molar-refractivity contribution in [2.45, 2.75) is 9.79 Å². The summed E-state index contributed by atoms with van der Waals surface area (Å²) in [5, 5.41) is 0. The first-order valence-electron chi connectivity index (χ1n) is 7.36. The first kappa shape index (κ1) is 20.0. The van der Waals surface area contributed by atoms with Crippen molar-refractivity contribution < 1.29 is 26.8 Å². The summed E-state index contributed by atoms with van der Waals surface area (Å²) in [6.07, 6.45) is 3.45. The topological polar surface area (TPSA) is 94.1 Å². The van der Waals surface area contributed by atoms with Crippen LogP contribution < -0.4 is 0 Å². The average Bonchev–Trinajstić information content (AvgIpc) is 2.69. The van der Waals surface area contributed by atoms with Gasteiger partial charge >= 0.3 is 0 Å². The van der Waals surface area contributed by atoms with Crippen LogP contribution in [0.3, 0.4) is 0 Å². The summed E-state index contributed by atoms with van der Waals surface area (Å²) in [6.45, 7) is 0. The Kier molecular flexibility index (Phi) is 6.56. The molecule has 0 radical (unpaired) electrons. The van der Waals surface area contributed by atoms with Gasteiger partial charge in [-0.15, -0.1) is 0 Å². The van der Waals surface area contributed by atoms with Crippen molar-refractivity contribution >= 4 is 22.4 Å². The molecule has 3 aromatic rings. The highest BCUT2D eigenvalue weighted by atomic mass is 32.2. The van der Waals surface area contributed by atoms with Gasteiger partial charge in [-0.05, 0) is 48.5 Å². The van der Waals surface area contributed by atoms with E-state index in [-0.39, 0.29) is 21.2 Å². The molecule has 0 aliphatic rings. The highest BCUT2D eigenvalue weighted by Crippen LogP contribution is 2.22. The zero-order valence-corrected chi connectivity index (χ0v) is 14.4. The number of aldehydes is 2. The van der Waals surface area contributed by atoms with Gasteiger partial charge in [-0.2, -0.15) is 0 Å². The molecule has 2 aromatic heterocycles. The minimum atomic E-state index is -3.86. The normalized spacial score (nSPS) is 10.4. The predicted octanol–water partition coefficient (Wildman–Crippen LogP) is 2.90. The summed E-state index contributed by atoms with van der Waals surface area (Å²) >= 11 is 0. The molecular formula is C18H12F2N2O4S. The van der Waals surface area contributed by atoms with Gasteiger partial charge < -0.3 is 0 Å². The smallest absolute Gasteiger partial charge is 0.208 e. The molecule has 1 aromatic carbocycles. The number of rotatable bonds is 4. The maximum Gasteiger partial charge on any atom is 0.208 e. The number of carbonyl (C=O) groups excluding carboxylic acids is 2. The van der Waals surface area contributed by atoms with Crippen LogP contribution in [-0.2, 0) is 9.84 Å². The highest BCUT2D eigenvalue weighted by molar-refractivity contribution is 7.91. The number of sulfone groups is 1. The van der Waals surface area contributed by atoms with Crippen LogP contribution in [0, 0.1) is 11.6 Å². The van der Waals surface area contributed by atoms with E-state index in [0.29, 0.717) is 12.6 Å². The Balaban J connectivity index is 0.000000244. The lowest BCUT2D eigenvalue weighted by atomic mass is 10.3. The zero-order valence-electron chi connectivity index (χ0n) is 13.6. The summed E-state index contributed by atoms with van der Waals surface area (Å²) in [7, 11) is -3.86. The lowest BCUT2D eigenvalue weighted by Crippen LogP contribution is -2.06. The third kappa shape index (κ3) is 4.85. The van der Waals surface area contributed by atoms with Crippen molar-refractivity contribution in [3.63, 3.8) is 0 Å². The number of hydrogen-bond acceptors (Lipinski definition) is 6. The molecule has 27 heavy (non-hydrogen) atoms. The van der Waals surface area contributed by atoms with Crippen LogP contribution in [0.15, 0.2) is 70.7 Å². The number of benzene rings is 1. The highest BCUT2D eigenvalue weighted by Gasteiger charge is 2.21. The Morgan fingerprint density at radius 1 is 0.778 bits per heavy atom. The maximum absolute atomic E-state index is 12.8.